The first-order chi connectivity index (χ1) is 14.0. The molecule has 2 N–H and O–H groups in total. The number of aliphatic hydroxyl groups is 2. The third kappa shape index (κ3) is 2.74. The van der Waals surface area contributed by atoms with E-state index in [0.29, 0.717) is 0 Å². The van der Waals surface area contributed by atoms with Crippen molar-refractivity contribution in [2.75, 3.05) is 0 Å². The van der Waals surface area contributed by atoms with E-state index in [0.717, 1.165) is 0 Å². The summed E-state index contributed by atoms with van der Waals surface area (Å²) >= 11 is 0. The molecule has 3 aliphatic rings. The van der Waals surface area contributed by atoms with Gasteiger partial charge in [-0.25, -0.2) is 0 Å². The molecular weight excluding hydrogens is 446 g/mol. The van der Waals surface area contributed by atoms with Crippen LogP contribution in [0.5, 0.6) is 0 Å². The number of amides is 2. The molecule has 6 nitrogen and oxygen atoms in total. The van der Waals surface area contributed by atoms with Crippen molar-refractivity contribution in [3.05, 3.63) is 0 Å². The lowest BCUT2D eigenvalue weighted by molar-refractivity contribution is -0.430. The van der Waals surface area contributed by atoms with Crippen LogP contribution in [0.25, 0.3) is 0 Å². The molecule has 3 rings (SSSR count). The predicted molar refractivity (Wildman–Crippen MR) is 98.5 cm³/mol. The van der Waals surface area contributed by atoms with Crippen molar-refractivity contribution in [3.8, 4) is 0 Å². The molecule has 184 valence electrons. The highest BCUT2D eigenvalue weighted by atomic mass is 19.4. The second-order valence-corrected chi connectivity index (χ2v) is 11.2. The number of hydrogen-bond acceptors (Lipinski definition) is 4. The van der Waals surface area contributed by atoms with Gasteiger partial charge in [0.05, 0.1) is 0 Å². The fourth-order valence-electron chi connectivity index (χ4n) is 4.86. The van der Waals surface area contributed by atoms with Crippen LogP contribution in [0.2, 0.25) is 0 Å². The molecular formula is C20H28F6N2O4. The van der Waals surface area contributed by atoms with Gasteiger partial charge in [0.15, 0.2) is 0 Å². The first-order valence-corrected chi connectivity index (χ1v) is 10.2. The summed E-state index contributed by atoms with van der Waals surface area (Å²) in [6, 6.07) is 0. The first kappa shape index (κ1) is 25.1. The zero-order valence-corrected chi connectivity index (χ0v) is 18.7. The molecule has 0 radical (unpaired) electrons. The van der Waals surface area contributed by atoms with Crippen molar-refractivity contribution >= 4 is 11.8 Å². The molecule has 2 atom stereocenters. The molecule has 0 bridgehead atoms. The highest BCUT2D eigenvalue weighted by molar-refractivity contribution is 5.88. The van der Waals surface area contributed by atoms with Crippen LogP contribution >= 0.6 is 0 Å². The minimum absolute atomic E-state index is 0.188. The summed E-state index contributed by atoms with van der Waals surface area (Å²) in [6.45, 7) is 7.26. The van der Waals surface area contributed by atoms with E-state index in [1.807, 2.05) is 0 Å². The number of alkyl halides is 6. The number of rotatable bonds is 0. The molecule has 2 aliphatic carbocycles. The monoisotopic (exact) mass is 474 g/mol. The van der Waals surface area contributed by atoms with Gasteiger partial charge < -0.3 is 10.2 Å². The largest absolute Gasteiger partial charge is 0.439 e. The number of halogens is 6. The molecule has 0 aromatic rings. The lowest BCUT2D eigenvalue weighted by atomic mass is 9.76. The van der Waals surface area contributed by atoms with E-state index >= 15 is 0 Å². The van der Waals surface area contributed by atoms with Crippen LogP contribution < -0.4 is 0 Å². The highest BCUT2D eigenvalue weighted by Crippen LogP contribution is 2.72. The Bertz CT molecular complexity index is 778. The van der Waals surface area contributed by atoms with Crippen LogP contribution in [0, 0.1) is 10.8 Å². The molecule has 2 saturated carbocycles. The number of nitrogens with zero attached hydrogens (tertiary/aromatic N) is 2. The van der Waals surface area contributed by atoms with E-state index in [9.17, 15) is 46.1 Å². The van der Waals surface area contributed by atoms with Gasteiger partial charge in [-0.3, -0.25) is 19.4 Å². The molecule has 1 heterocycles. The molecule has 0 aromatic carbocycles. The van der Waals surface area contributed by atoms with E-state index in [-0.39, 0.29) is 9.80 Å². The van der Waals surface area contributed by atoms with Crippen LogP contribution in [0.1, 0.15) is 67.2 Å². The number of carbonyl (C=O) groups excluding carboxylic acids is 2. The molecule has 0 unspecified atom stereocenters. The molecule has 1 saturated heterocycles. The van der Waals surface area contributed by atoms with Gasteiger partial charge in [-0.1, -0.05) is 41.5 Å². The van der Waals surface area contributed by atoms with Crippen molar-refractivity contribution in [3.63, 3.8) is 0 Å². The lowest BCUT2D eigenvalue weighted by Crippen LogP contribution is -2.90. The van der Waals surface area contributed by atoms with E-state index in [4.69, 9.17) is 0 Å². The topological polar surface area (TPSA) is 81.1 Å². The lowest BCUT2D eigenvalue weighted by Gasteiger charge is -2.65. The number of hydrogen-bond donors (Lipinski definition) is 2. The standard InChI is InChI=1S/C20H28F6N2O4/c1-13(2,3)11(29)27-15(7-8-15)18(32,20(24,25)26)28(12(30)14(4,5)6)16(9-10-16)17(27,31)19(21,22)23/h31-32H,7-10H2,1-6H3/t17-,18-/m1/s1. The molecule has 2 amide bonds. The van der Waals surface area contributed by atoms with Crippen LogP contribution in [-0.2, 0) is 9.59 Å². The smallest absolute Gasteiger partial charge is 0.362 e. The molecule has 12 heteroatoms. The van der Waals surface area contributed by atoms with Gasteiger partial charge in [0.25, 0.3) is 11.4 Å². The maximum atomic E-state index is 14.6. The fourth-order valence-corrected chi connectivity index (χ4v) is 4.86. The molecule has 1 aliphatic heterocycles. The maximum Gasteiger partial charge on any atom is 0.439 e. The fraction of sp³-hybridized carbons (Fsp3) is 0.900. The van der Waals surface area contributed by atoms with Gasteiger partial charge in [-0.15, -0.1) is 0 Å². The average molecular weight is 474 g/mol. The molecule has 3 fully saturated rings. The summed E-state index contributed by atoms with van der Waals surface area (Å²) in [5, 5.41) is 22.5. The zero-order valence-electron chi connectivity index (χ0n) is 18.7. The van der Waals surface area contributed by atoms with Crippen LogP contribution in [0.4, 0.5) is 26.3 Å². The van der Waals surface area contributed by atoms with Crippen LogP contribution in [0.3, 0.4) is 0 Å². The Morgan fingerprint density at radius 1 is 0.625 bits per heavy atom. The van der Waals surface area contributed by atoms with Gasteiger partial charge in [-0.2, -0.15) is 26.3 Å². The van der Waals surface area contributed by atoms with E-state index in [2.05, 4.69) is 0 Å². The van der Waals surface area contributed by atoms with Gasteiger partial charge in [0.2, 0.25) is 11.8 Å². The summed E-state index contributed by atoms with van der Waals surface area (Å²) in [6.07, 6.45) is -13.9. The molecule has 2 spiro atoms. The summed E-state index contributed by atoms with van der Waals surface area (Å²) in [5.41, 5.74) is -17.2. The molecule has 32 heavy (non-hydrogen) atoms. The Morgan fingerprint density at radius 2 is 0.844 bits per heavy atom. The van der Waals surface area contributed by atoms with E-state index < -0.39 is 83.2 Å². The van der Waals surface area contributed by atoms with Crippen molar-refractivity contribution in [2.24, 2.45) is 10.8 Å². The van der Waals surface area contributed by atoms with Crippen molar-refractivity contribution in [1.82, 2.24) is 9.80 Å². The van der Waals surface area contributed by atoms with Gasteiger partial charge in [0.1, 0.15) is 11.1 Å². The Hall–Kier alpha value is -1.56. The summed E-state index contributed by atoms with van der Waals surface area (Å²) < 4.78 is 87.4. The van der Waals surface area contributed by atoms with Crippen molar-refractivity contribution in [2.45, 2.75) is 102 Å². The Morgan fingerprint density at radius 3 is 0.969 bits per heavy atom. The Kier molecular flexibility index (Phi) is 4.78. The van der Waals surface area contributed by atoms with E-state index in [1.165, 1.54) is 41.5 Å². The second-order valence-electron chi connectivity index (χ2n) is 11.2. The Labute approximate surface area is 181 Å². The predicted octanol–water partition coefficient (Wildman–Crippen LogP) is 3.32. The number of piperazine rings is 1. The summed E-state index contributed by atoms with van der Waals surface area (Å²) in [5.74, 6) is -2.79. The highest BCUT2D eigenvalue weighted by Gasteiger charge is 2.94. The third-order valence-electron chi connectivity index (χ3n) is 6.73. The minimum atomic E-state index is -5.61. The third-order valence-corrected chi connectivity index (χ3v) is 6.73. The number of carbonyl (C=O) groups is 2. The van der Waals surface area contributed by atoms with E-state index in [1.54, 1.807) is 0 Å². The van der Waals surface area contributed by atoms with Crippen molar-refractivity contribution in [1.29, 1.82) is 0 Å². The first-order valence-electron chi connectivity index (χ1n) is 10.2. The average Bonchev–Trinajstić information content (AvgIpc) is 3.45. The van der Waals surface area contributed by atoms with Gasteiger partial charge in [0, 0.05) is 10.8 Å². The SMILES string of the molecule is CC(C)(C)C(=O)N1C2(CC2)[C@@](O)(C(F)(F)F)N(C(=O)C(C)(C)C)C2(CC2)[C@@]1(O)C(F)(F)F. The zero-order chi connectivity index (χ0) is 25.1. The second kappa shape index (κ2) is 6.11. The summed E-state index contributed by atoms with van der Waals surface area (Å²) in [4.78, 5) is 26.1. The van der Waals surface area contributed by atoms with Crippen LogP contribution in [0.15, 0.2) is 0 Å². The summed E-state index contributed by atoms with van der Waals surface area (Å²) in [7, 11) is 0. The van der Waals surface area contributed by atoms with Gasteiger partial charge in [-0.05, 0) is 25.7 Å². The van der Waals surface area contributed by atoms with Crippen LogP contribution in [-0.4, -0.2) is 66.7 Å². The normalized spacial score (nSPS) is 31.8. The quantitative estimate of drug-likeness (QED) is 0.528. The Balaban J connectivity index is 2.45. The van der Waals surface area contributed by atoms with Gasteiger partial charge >= 0.3 is 12.4 Å². The minimum Gasteiger partial charge on any atom is -0.362 e. The maximum absolute atomic E-state index is 14.6. The van der Waals surface area contributed by atoms with Crippen molar-refractivity contribution < 1.29 is 46.1 Å². The molecule has 0 aromatic heterocycles.